The molecule has 0 spiro atoms. The number of hydrogen-bond acceptors (Lipinski definition) is 5. The quantitative estimate of drug-likeness (QED) is 0.540. The van der Waals surface area contributed by atoms with Crippen molar-refractivity contribution in [1.82, 2.24) is 24.5 Å². The van der Waals surface area contributed by atoms with Gasteiger partial charge in [0.15, 0.2) is 0 Å². The second-order valence-electron chi connectivity index (χ2n) is 5.79. The van der Waals surface area contributed by atoms with Crippen LogP contribution in [-0.2, 0) is 13.1 Å². The number of halogens is 1. The zero-order valence-corrected chi connectivity index (χ0v) is 13.3. The first-order valence-electron chi connectivity index (χ1n) is 7.52. The molecule has 25 heavy (non-hydrogen) atoms. The third-order valence-electron chi connectivity index (χ3n) is 3.66. The van der Waals surface area contributed by atoms with Gasteiger partial charge in [-0.15, -0.1) is 5.10 Å². The van der Waals surface area contributed by atoms with E-state index in [0.29, 0.717) is 18.8 Å². The Hall–Kier alpha value is -3.30. The van der Waals surface area contributed by atoms with Gasteiger partial charge in [-0.2, -0.15) is 4.98 Å². The van der Waals surface area contributed by atoms with Crippen molar-refractivity contribution in [2.45, 2.75) is 20.0 Å². The Bertz CT molecular complexity index is 943. The Morgan fingerprint density at radius 2 is 2.00 bits per heavy atom. The molecule has 1 aromatic carbocycles. The molecule has 3 aromatic rings. The van der Waals surface area contributed by atoms with E-state index in [-0.39, 0.29) is 17.6 Å². The van der Waals surface area contributed by atoms with Crippen molar-refractivity contribution in [2.24, 2.45) is 5.92 Å². The summed E-state index contributed by atoms with van der Waals surface area (Å²) in [7, 11) is 0. The van der Waals surface area contributed by atoms with Crippen molar-refractivity contribution < 1.29 is 9.31 Å². The summed E-state index contributed by atoms with van der Waals surface area (Å²) >= 11 is 0. The number of aromatic nitrogens is 5. The summed E-state index contributed by atoms with van der Waals surface area (Å²) in [6.07, 6.45) is 2.91. The lowest BCUT2D eigenvalue weighted by molar-refractivity contribution is -0.389. The standard InChI is InChI=1S/C15H15FN6O3/c1-10(6-20-9-14(22(24)25)17-15(20)23)7-21-8-13(18-19-21)11-2-4-12(16)5-3-11/h2-5,8-10H,6-7H2,1H3,(H,17,23)/t10-/m0/s1. The summed E-state index contributed by atoms with van der Waals surface area (Å²) in [6, 6.07) is 5.93. The van der Waals surface area contributed by atoms with Gasteiger partial charge in [0.2, 0.25) is 0 Å². The molecule has 1 atom stereocenters. The van der Waals surface area contributed by atoms with E-state index in [0.717, 1.165) is 5.56 Å². The van der Waals surface area contributed by atoms with E-state index in [9.17, 15) is 19.3 Å². The number of nitrogens with zero attached hydrogens (tertiary/aromatic N) is 5. The van der Waals surface area contributed by atoms with Gasteiger partial charge in [0, 0.05) is 18.7 Å². The van der Waals surface area contributed by atoms with Crippen molar-refractivity contribution >= 4 is 5.82 Å². The van der Waals surface area contributed by atoms with Crippen LogP contribution in [0.1, 0.15) is 6.92 Å². The fourth-order valence-corrected chi connectivity index (χ4v) is 2.50. The summed E-state index contributed by atoms with van der Waals surface area (Å²) in [5.41, 5.74) is 0.837. The molecular weight excluding hydrogens is 331 g/mol. The summed E-state index contributed by atoms with van der Waals surface area (Å²) in [5, 5.41) is 18.7. The van der Waals surface area contributed by atoms with Gasteiger partial charge in [-0.05, 0) is 35.1 Å². The molecule has 0 radical (unpaired) electrons. The minimum absolute atomic E-state index is 0.0177. The zero-order valence-electron chi connectivity index (χ0n) is 13.3. The number of hydrogen-bond donors (Lipinski definition) is 1. The lowest BCUT2D eigenvalue weighted by Gasteiger charge is -2.10. The highest BCUT2D eigenvalue weighted by atomic mass is 19.1. The molecule has 0 aliphatic rings. The van der Waals surface area contributed by atoms with Crippen molar-refractivity contribution in [3.8, 4) is 11.3 Å². The molecule has 2 aromatic heterocycles. The van der Waals surface area contributed by atoms with Gasteiger partial charge in [0.05, 0.1) is 6.20 Å². The number of H-pyrrole nitrogens is 1. The van der Waals surface area contributed by atoms with Gasteiger partial charge in [-0.25, -0.2) is 9.18 Å². The molecule has 0 amide bonds. The monoisotopic (exact) mass is 346 g/mol. The van der Waals surface area contributed by atoms with E-state index in [2.05, 4.69) is 15.3 Å². The molecule has 0 aliphatic carbocycles. The maximum absolute atomic E-state index is 13.0. The minimum atomic E-state index is -0.644. The van der Waals surface area contributed by atoms with Crippen LogP contribution in [0.25, 0.3) is 11.3 Å². The van der Waals surface area contributed by atoms with E-state index in [1.165, 1.54) is 22.9 Å². The van der Waals surface area contributed by atoms with Crippen LogP contribution in [0.2, 0.25) is 0 Å². The van der Waals surface area contributed by atoms with Crippen LogP contribution < -0.4 is 5.69 Å². The Labute approximate surface area is 140 Å². The SMILES string of the molecule is C[C@H](Cn1cc(-c2ccc(F)cc2)nn1)Cn1cc([N+](=O)[O-])[nH]c1=O. The van der Waals surface area contributed by atoms with Gasteiger partial charge < -0.3 is 10.1 Å². The molecule has 2 heterocycles. The highest BCUT2D eigenvalue weighted by Crippen LogP contribution is 2.17. The van der Waals surface area contributed by atoms with Crippen LogP contribution >= 0.6 is 0 Å². The first-order valence-corrected chi connectivity index (χ1v) is 7.52. The third-order valence-corrected chi connectivity index (χ3v) is 3.66. The number of rotatable bonds is 6. The number of nitrogens with one attached hydrogen (secondary N) is 1. The van der Waals surface area contributed by atoms with Crippen molar-refractivity contribution in [3.63, 3.8) is 0 Å². The van der Waals surface area contributed by atoms with Gasteiger partial charge in [-0.1, -0.05) is 12.1 Å². The van der Waals surface area contributed by atoms with Gasteiger partial charge in [0.1, 0.15) is 17.7 Å². The number of benzene rings is 1. The molecular formula is C15H15FN6O3. The Morgan fingerprint density at radius 1 is 1.28 bits per heavy atom. The van der Waals surface area contributed by atoms with E-state index >= 15 is 0 Å². The molecule has 1 N–H and O–H groups in total. The fraction of sp³-hybridized carbons (Fsp3) is 0.267. The Morgan fingerprint density at radius 3 is 2.64 bits per heavy atom. The molecule has 0 saturated carbocycles. The van der Waals surface area contributed by atoms with Crippen LogP contribution in [0.15, 0.2) is 41.5 Å². The maximum atomic E-state index is 13.0. The van der Waals surface area contributed by atoms with Crippen LogP contribution in [-0.4, -0.2) is 29.5 Å². The summed E-state index contributed by atoms with van der Waals surface area (Å²) < 4.78 is 15.8. The fourth-order valence-electron chi connectivity index (χ4n) is 2.50. The van der Waals surface area contributed by atoms with Crippen LogP contribution in [0.3, 0.4) is 0 Å². The Kier molecular flexibility index (Phi) is 4.42. The van der Waals surface area contributed by atoms with Gasteiger partial charge >= 0.3 is 11.5 Å². The average molecular weight is 346 g/mol. The molecule has 0 saturated heterocycles. The van der Waals surface area contributed by atoms with Crippen molar-refractivity contribution in [3.05, 3.63) is 63.1 Å². The summed E-state index contributed by atoms with van der Waals surface area (Å²) in [4.78, 5) is 23.9. The molecule has 0 fully saturated rings. The third kappa shape index (κ3) is 3.79. The molecule has 3 rings (SSSR count). The van der Waals surface area contributed by atoms with E-state index in [4.69, 9.17) is 0 Å². The topological polar surface area (TPSA) is 112 Å². The zero-order chi connectivity index (χ0) is 18.0. The van der Waals surface area contributed by atoms with Crippen LogP contribution in [0, 0.1) is 21.8 Å². The second-order valence-corrected chi connectivity index (χ2v) is 5.79. The molecule has 9 nitrogen and oxygen atoms in total. The maximum Gasteiger partial charge on any atom is 0.413 e. The van der Waals surface area contributed by atoms with Crippen LogP contribution in [0.4, 0.5) is 10.2 Å². The number of nitro groups is 1. The largest absolute Gasteiger partial charge is 0.413 e. The highest BCUT2D eigenvalue weighted by Gasteiger charge is 2.15. The van der Waals surface area contributed by atoms with E-state index in [1.54, 1.807) is 23.0 Å². The lowest BCUT2D eigenvalue weighted by Crippen LogP contribution is -2.22. The van der Waals surface area contributed by atoms with Gasteiger partial charge in [-0.3, -0.25) is 9.25 Å². The van der Waals surface area contributed by atoms with Gasteiger partial charge in [0.25, 0.3) is 0 Å². The normalized spacial score (nSPS) is 12.2. The van der Waals surface area contributed by atoms with Crippen molar-refractivity contribution in [2.75, 3.05) is 0 Å². The smallest absolute Gasteiger partial charge is 0.358 e. The molecule has 0 bridgehead atoms. The lowest BCUT2D eigenvalue weighted by atomic mass is 10.1. The highest BCUT2D eigenvalue weighted by molar-refractivity contribution is 5.57. The minimum Gasteiger partial charge on any atom is -0.358 e. The first-order chi connectivity index (χ1) is 11.9. The van der Waals surface area contributed by atoms with E-state index < -0.39 is 10.6 Å². The molecule has 0 aliphatic heterocycles. The first kappa shape index (κ1) is 16.6. The number of aromatic amines is 1. The Balaban J connectivity index is 1.67. The van der Waals surface area contributed by atoms with Crippen molar-refractivity contribution in [1.29, 1.82) is 0 Å². The summed E-state index contributed by atoms with van der Waals surface area (Å²) in [5.74, 6) is -0.678. The number of imidazole rings is 1. The van der Waals surface area contributed by atoms with Crippen LogP contribution in [0.5, 0.6) is 0 Å². The summed E-state index contributed by atoms with van der Waals surface area (Å²) in [6.45, 7) is 2.67. The predicted octanol–water partition coefficient (Wildman–Crippen LogP) is 1.82. The molecule has 0 unspecified atom stereocenters. The second kappa shape index (κ2) is 6.67. The van der Waals surface area contributed by atoms with E-state index in [1.807, 2.05) is 6.92 Å². The molecule has 10 heteroatoms. The average Bonchev–Trinajstić information content (AvgIpc) is 3.16. The predicted molar refractivity (Wildman–Crippen MR) is 86.3 cm³/mol. The molecule has 130 valence electrons.